The van der Waals surface area contributed by atoms with Crippen LogP contribution in [-0.2, 0) is 45.4 Å². The maximum Gasteiger partial charge on any atom is 0.115 e. The van der Waals surface area contributed by atoms with Crippen molar-refractivity contribution in [2.45, 2.75) is 50.8 Å². The zero-order valence-corrected chi connectivity index (χ0v) is 22.8. The van der Waals surface area contributed by atoms with Crippen LogP contribution >= 0.6 is 0 Å². The van der Waals surface area contributed by atoms with Gasteiger partial charge in [-0.1, -0.05) is 121 Å². The molecule has 40 heavy (non-hydrogen) atoms. The summed E-state index contributed by atoms with van der Waals surface area (Å²) in [5.74, 6) is 0. The summed E-state index contributed by atoms with van der Waals surface area (Å²) in [5.41, 5.74) is 10.3. The lowest BCUT2D eigenvalue weighted by Crippen LogP contribution is -2.52. The summed E-state index contributed by atoms with van der Waals surface area (Å²) < 4.78 is 25.1. The van der Waals surface area contributed by atoms with Gasteiger partial charge in [-0.15, -0.1) is 0 Å². The van der Waals surface area contributed by atoms with Gasteiger partial charge in [0.25, 0.3) is 0 Å². The predicted molar refractivity (Wildman–Crippen MR) is 156 cm³/mol. The van der Waals surface area contributed by atoms with Crippen LogP contribution < -0.4 is 5.73 Å². The van der Waals surface area contributed by atoms with E-state index in [0.29, 0.717) is 26.4 Å². The molecule has 0 fully saturated rings. The maximum absolute atomic E-state index is 11.4. The van der Waals surface area contributed by atoms with Crippen molar-refractivity contribution >= 4 is 0 Å². The van der Waals surface area contributed by atoms with Crippen LogP contribution in [0.1, 0.15) is 22.3 Å². The van der Waals surface area contributed by atoms with Crippen LogP contribution in [0.2, 0.25) is 0 Å². The van der Waals surface area contributed by atoms with Gasteiger partial charge in [0.2, 0.25) is 0 Å². The van der Waals surface area contributed by atoms with Crippen LogP contribution in [0.25, 0.3) is 0 Å². The number of nitrogens with two attached hydrogens (primary N) is 1. The Balaban J connectivity index is 1.53. The van der Waals surface area contributed by atoms with Crippen LogP contribution in [0.4, 0.5) is 0 Å². The predicted octanol–water partition coefficient (Wildman–Crippen LogP) is 5.28. The Morgan fingerprint density at radius 2 is 0.875 bits per heavy atom. The first kappa shape index (κ1) is 29.6. The summed E-state index contributed by atoms with van der Waals surface area (Å²) >= 11 is 0. The van der Waals surface area contributed by atoms with Crippen molar-refractivity contribution in [2.75, 3.05) is 13.2 Å². The minimum absolute atomic E-state index is 0.0650. The van der Waals surface area contributed by atoms with E-state index in [4.69, 9.17) is 24.7 Å². The summed E-state index contributed by atoms with van der Waals surface area (Å²) in [5, 5.41) is 11.4. The molecule has 4 rings (SSSR count). The number of aliphatic hydroxyl groups excluding tert-OH is 1. The molecular weight excluding hydrogens is 502 g/mol. The molecule has 0 unspecified atom stereocenters. The first-order valence-corrected chi connectivity index (χ1v) is 13.7. The second kappa shape index (κ2) is 16.7. The van der Waals surface area contributed by atoms with E-state index in [9.17, 15) is 5.11 Å². The molecule has 0 bridgehead atoms. The first-order chi connectivity index (χ1) is 19.7. The van der Waals surface area contributed by atoms with E-state index in [2.05, 4.69) is 0 Å². The third-order valence-electron chi connectivity index (χ3n) is 6.58. The molecule has 0 radical (unpaired) electrons. The van der Waals surface area contributed by atoms with Gasteiger partial charge < -0.3 is 29.8 Å². The Labute approximate surface area is 237 Å². The third kappa shape index (κ3) is 9.68. The van der Waals surface area contributed by atoms with Crippen LogP contribution in [0.3, 0.4) is 0 Å². The Kier molecular flexibility index (Phi) is 12.3. The second-order valence-corrected chi connectivity index (χ2v) is 9.66. The van der Waals surface area contributed by atoms with E-state index in [-0.39, 0.29) is 13.2 Å². The lowest BCUT2D eigenvalue weighted by molar-refractivity contribution is -0.185. The van der Waals surface area contributed by atoms with Crippen LogP contribution in [-0.4, -0.2) is 42.7 Å². The van der Waals surface area contributed by atoms with E-state index in [1.54, 1.807) is 0 Å². The number of ether oxygens (including phenoxy) is 4. The molecule has 0 saturated heterocycles. The molecule has 6 nitrogen and oxygen atoms in total. The Morgan fingerprint density at radius 1 is 0.500 bits per heavy atom. The molecule has 0 amide bonds. The summed E-state index contributed by atoms with van der Waals surface area (Å²) in [6.45, 7) is 1.61. The fraction of sp³-hybridized carbons (Fsp3) is 0.294. The van der Waals surface area contributed by atoms with Crippen LogP contribution in [0, 0.1) is 0 Å². The van der Waals surface area contributed by atoms with Gasteiger partial charge in [0, 0.05) is 6.54 Å². The van der Waals surface area contributed by atoms with Gasteiger partial charge in [-0.25, -0.2) is 0 Å². The van der Waals surface area contributed by atoms with Crippen molar-refractivity contribution in [3.63, 3.8) is 0 Å². The molecule has 0 spiro atoms. The van der Waals surface area contributed by atoms with Gasteiger partial charge in [0.15, 0.2) is 0 Å². The SMILES string of the molecule is NC[C@H](OCc1ccccc1)[C@@H](OCc1ccccc1)[C@H](OCc1ccccc1)[C@H](O)COCc1ccccc1. The molecule has 0 aliphatic rings. The average molecular weight is 542 g/mol. The highest BCUT2D eigenvalue weighted by Crippen LogP contribution is 2.21. The van der Waals surface area contributed by atoms with Gasteiger partial charge in [0.05, 0.1) is 39.1 Å². The van der Waals surface area contributed by atoms with E-state index in [1.165, 1.54) is 0 Å². The summed E-state index contributed by atoms with van der Waals surface area (Å²) in [7, 11) is 0. The van der Waals surface area contributed by atoms with Gasteiger partial charge >= 0.3 is 0 Å². The first-order valence-electron chi connectivity index (χ1n) is 13.7. The molecule has 0 aliphatic heterocycles. The number of aliphatic hydroxyl groups is 1. The standard InChI is InChI=1S/C34H39NO5/c35-21-32(38-23-28-15-7-2-8-16-28)34(40-25-30-19-11-4-12-20-30)33(39-24-29-17-9-3-10-18-29)31(36)26-37-22-27-13-5-1-6-14-27/h1-20,31-34,36H,21-26,35H2/t31-,32+,33-,34-/m1/s1. The summed E-state index contributed by atoms with van der Waals surface area (Å²) in [6.07, 6.45) is -2.94. The second-order valence-electron chi connectivity index (χ2n) is 9.66. The fourth-order valence-electron chi connectivity index (χ4n) is 4.41. The maximum atomic E-state index is 11.4. The van der Waals surface area contributed by atoms with Crippen molar-refractivity contribution in [1.82, 2.24) is 0 Å². The lowest BCUT2D eigenvalue weighted by Gasteiger charge is -2.35. The fourth-order valence-corrected chi connectivity index (χ4v) is 4.41. The lowest BCUT2D eigenvalue weighted by atomic mass is 10.0. The molecule has 4 aromatic rings. The quantitative estimate of drug-likeness (QED) is 0.189. The molecule has 4 atom stereocenters. The monoisotopic (exact) mass is 541 g/mol. The van der Waals surface area contributed by atoms with Gasteiger partial charge in [-0.3, -0.25) is 0 Å². The van der Waals surface area contributed by atoms with Gasteiger partial charge in [-0.05, 0) is 22.3 Å². The van der Waals surface area contributed by atoms with Crippen molar-refractivity contribution in [2.24, 2.45) is 5.73 Å². The number of hydrogen-bond donors (Lipinski definition) is 2. The van der Waals surface area contributed by atoms with E-state index in [0.717, 1.165) is 22.3 Å². The van der Waals surface area contributed by atoms with Crippen molar-refractivity contribution < 1.29 is 24.1 Å². The minimum atomic E-state index is -0.984. The molecule has 0 aliphatic carbocycles. The van der Waals surface area contributed by atoms with Gasteiger partial charge in [-0.2, -0.15) is 0 Å². The topological polar surface area (TPSA) is 83.2 Å². The van der Waals surface area contributed by atoms with Gasteiger partial charge in [0.1, 0.15) is 18.3 Å². The highest BCUT2D eigenvalue weighted by molar-refractivity contribution is 5.16. The number of rotatable bonds is 17. The average Bonchev–Trinajstić information content (AvgIpc) is 3.01. The van der Waals surface area contributed by atoms with E-state index < -0.39 is 24.4 Å². The zero-order chi connectivity index (χ0) is 27.8. The molecule has 210 valence electrons. The summed E-state index contributed by atoms with van der Waals surface area (Å²) in [6, 6.07) is 39.5. The van der Waals surface area contributed by atoms with Crippen molar-refractivity contribution in [1.29, 1.82) is 0 Å². The Morgan fingerprint density at radius 3 is 1.30 bits per heavy atom. The number of benzene rings is 4. The largest absolute Gasteiger partial charge is 0.388 e. The normalized spacial score (nSPS) is 14.3. The Hall–Kier alpha value is -3.36. The van der Waals surface area contributed by atoms with E-state index in [1.807, 2.05) is 121 Å². The third-order valence-corrected chi connectivity index (χ3v) is 6.58. The minimum Gasteiger partial charge on any atom is -0.388 e. The molecule has 0 aromatic heterocycles. The van der Waals surface area contributed by atoms with Crippen molar-refractivity contribution in [3.8, 4) is 0 Å². The zero-order valence-electron chi connectivity index (χ0n) is 22.8. The molecular formula is C34H39NO5. The van der Waals surface area contributed by atoms with Crippen LogP contribution in [0.15, 0.2) is 121 Å². The molecule has 0 heterocycles. The number of hydrogen-bond acceptors (Lipinski definition) is 6. The Bertz CT molecular complexity index is 1190. The molecule has 4 aromatic carbocycles. The highest BCUT2D eigenvalue weighted by Gasteiger charge is 2.36. The highest BCUT2D eigenvalue weighted by atomic mass is 16.6. The molecule has 6 heteroatoms. The molecule has 0 saturated carbocycles. The smallest absolute Gasteiger partial charge is 0.115 e. The summed E-state index contributed by atoms with van der Waals surface area (Å²) in [4.78, 5) is 0. The van der Waals surface area contributed by atoms with Crippen molar-refractivity contribution in [3.05, 3.63) is 144 Å². The van der Waals surface area contributed by atoms with Crippen LogP contribution in [0.5, 0.6) is 0 Å². The molecule has 3 N–H and O–H groups in total. The van der Waals surface area contributed by atoms with E-state index >= 15 is 0 Å².